The third-order valence-corrected chi connectivity index (χ3v) is 3.91. The lowest BCUT2D eigenvalue weighted by Gasteiger charge is -2.13. The number of aryl methyl sites for hydroxylation is 1. The molecule has 8 heteroatoms. The molecule has 110 valence electrons. The lowest BCUT2D eigenvalue weighted by atomic mass is 10.1. The zero-order valence-electron chi connectivity index (χ0n) is 11.5. The molecule has 0 aliphatic heterocycles. The first-order chi connectivity index (χ1) is 10.1. The normalized spacial score (nSPS) is 21.6. The summed E-state index contributed by atoms with van der Waals surface area (Å²) in [7, 11) is 0. The highest BCUT2D eigenvalue weighted by Crippen LogP contribution is 2.26. The summed E-state index contributed by atoms with van der Waals surface area (Å²) in [5.41, 5.74) is 1.08. The van der Waals surface area contributed by atoms with Gasteiger partial charge in [-0.1, -0.05) is 0 Å². The van der Waals surface area contributed by atoms with E-state index in [1.54, 1.807) is 6.92 Å². The number of carboxylic acid groups (broad SMARTS) is 1. The molecule has 0 saturated heterocycles. The number of carbonyl (C=O) groups is 2. The Labute approximate surface area is 120 Å². The van der Waals surface area contributed by atoms with Crippen LogP contribution in [0.25, 0.3) is 5.78 Å². The molecular formula is C13H15N5O3. The van der Waals surface area contributed by atoms with E-state index >= 15 is 0 Å². The summed E-state index contributed by atoms with van der Waals surface area (Å²) in [5.74, 6) is -0.981. The van der Waals surface area contributed by atoms with E-state index in [0.29, 0.717) is 36.3 Å². The van der Waals surface area contributed by atoms with Gasteiger partial charge in [-0.3, -0.25) is 9.59 Å². The summed E-state index contributed by atoms with van der Waals surface area (Å²) in [5, 5.41) is 15.9. The van der Waals surface area contributed by atoms with E-state index in [0.717, 1.165) is 0 Å². The van der Waals surface area contributed by atoms with Crippen molar-refractivity contribution in [3.8, 4) is 0 Å². The summed E-state index contributed by atoms with van der Waals surface area (Å²) in [6, 6.07) is -0.107. The van der Waals surface area contributed by atoms with Gasteiger partial charge in [0.15, 0.2) is 0 Å². The van der Waals surface area contributed by atoms with Crippen molar-refractivity contribution in [2.45, 2.75) is 32.2 Å². The summed E-state index contributed by atoms with van der Waals surface area (Å²) in [4.78, 5) is 31.3. The van der Waals surface area contributed by atoms with Gasteiger partial charge in [0.2, 0.25) is 0 Å². The van der Waals surface area contributed by atoms with Crippen LogP contribution in [-0.2, 0) is 4.79 Å². The minimum Gasteiger partial charge on any atom is -0.481 e. The Hall–Kier alpha value is -2.51. The van der Waals surface area contributed by atoms with Crippen LogP contribution in [0.5, 0.6) is 0 Å². The average Bonchev–Trinajstić information content (AvgIpc) is 3.07. The van der Waals surface area contributed by atoms with Crippen molar-refractivity contribution in [2.75, 3.05) is 0 Å². The van der Waals surface area contributed by atoms with Crippen LogP contribution >= 0.6 is 0 Å². The molecule has 0 aromatic carbocycles. The Morgan fingerprint density at radius 1 is 1.38 bits per heavy atom. The highest BCUT2D eigenvalue weighted by atomic mass is 16.4. The standard InChI is InChI=1S/C13H15N5O3/c1-7-10(5-14-13-15-6-16-18(7)13)11(19)17-9-3-2-8(4-9)12(20)21/h5-6,8-9H,2-4H2,1H3,(H,17,19)(H,20,21)/t8-,9+/m1/s1. The summed E-state index contributed by atoms with van der Waals surface area (Å²) >= 11 is 0. The van der Waals surface area contributed by atoms with E-state index in [1.165, 1.54) is 17.0 Å². The van der Waals surface area contributed by atoms with E-state index in [-0.39, 0.29) is 17.9 Å². The van der Waals surface area contributed by atoms with Crippen LogP contribution in [0, 0.1) is 12.8 Å². The number of carboxylic acids is 1. The average molecular weight is 289 g/mol. The molecule has 2 N–H and O–H groups in total. The van der Waals surface area contributed by atoms with Gasteiger partial charge in [-0.2, -0.15) is 10.1 Å². The van der Waals surface area contributed by atoms with E-state index in [4.69, 9.17) is 5.11 Å². The maximum atomic E-state index is 12.3. The van der Waals surface area contributed by atoms with Crippen LogP contribution in [0.1, 0.15) is 35.3 Å². The monoisotopic (exact) mass is 289 g/mol. The van der Waals surface area contributed by atoms with Crippen LogP contribution in [-0.4, -0.2) is 42.6 Å². The number of nitrogens with zero attached hydrogens (tertiary/aromatic N) is 4. The van der Waals surface area contributed by atoms with Crippen LogP contribution < -0.4 is 5.32 Å². The number of hydrogen-bond donors (Lipinski definition) is 2. The number of hydrogen-bond acceptors (Lipinski definition) is 5. The number of carbonyl (C=O) groups excluding carboxylic acids is 1. The number of rotatable bonds is 3. The zero-order valence-corrected chi connectivity index (χ0v) is 11.5. The summed E-state index contributed by atoms with van der Waals surface area (Å²) < 4.78 is 1.50. The Morgan fingerprint density at radius 2 is 2.19 bits per heavy atom. The van der Waals surface area contributed by atoms with Crippen molar-refractivity contribution in [2.24, 2.45) is 5.92 Å². The van der Waals surface area contributed by atoms with Crippen LogP contribution in [0.3, 0.4) is 0 Å². The Morgan fingerprint density at radius 3 is 2.90 bits per heavy atom. The van der Waals surface area contributed by atoms with Crippen molar-refractivity contribution in [3.63, 3.8) is 0 Å². The molecule has 2 aromatic heterocycles. The van der Waals surface area contributed by atoms with E-state index in [1.807, 2.05) is 0 Å². The third kappa shape index (κ3) is 2.44. The van der Waals surface area contributed by atoms with E-state index in [2.05, 4.69) is 20.4 Å². The molecule has 8 nitrogen and oxygen atoms in total. The maximum Gasteiger partial charge on any atom is 0.306 e. The molecule has 2 atom stereocenters. The first-order valence-corrected chi connectivity index (χ1v) is 6.75. The molecule has 2 aromatic rings. The van der Waals surface area contributed by atoms with Crippen LogP contribution in [0.2, 0.25) is 0 Å². The Kier molecular flexibility index (Phi) is 3.28. The van der Waals surface area contributed by atoms with Gasteiger partial charge in [0, 0.05) is 12.2 Å². The molecule has 0 bridgehead atoms. The quantitative estimate of drug-likeness (QED) is 0.847. The molecule has 0 radical (unpaired) electrons. The van der Waals surface area contributed by atoms with Gasteiger partial charge in [0.05, 0.1) is 17.2 Å². The molecule has 3 rings (SSSR count). The topological polar surface area (TPSA) is 109 Å². The fourth-order valence-corrected chi connectivity index (χ4v) is 2.71. The molecule has 0 unspecified atom stereocenters. The predicted molar refractivity (Wildman–Crippen MR) is 71.8 cm³/mol. The van der Waals surface area contributed by atoms with Gasteiger partial charge < -0.3 is 10.4 Å². The highest BCUT2D eigenvalue weighted by molar-refractivity contribution is 5.95. The Bertz CT molecular complexity index is 711. The van der Waals surface area contributed by atoms with Gasteiger partial charge in [-0.25, -0.2) is 9.50 Å². The molecule has 1 aliphatic rings. The number of fused-ring (bicyclic) bond motifs is 1. The molecule has 0 spiro atoms. The van der Waals surface area contributed by atoms with Gasteiger partial charge >= 0.3 is 5.97 Å². The lowest BCUT2D eigenvalue weighted by molar-refractivity contribution is -0.141. The van der Waals surface area contributed by atoms with Crippen molar-refractivity contribution >= 4 is 17.7 Å². The maximum absolute atomic E-state index is 12.3. The molecule has 1 fully saturated rings. The molecule has 2 heterocycles. The molecule has 1 aliphatic carbocycles. The SMILES string of the molecule is Cc1c(C(=O)N[C@H]2CC[C@@H](C(=O)O)C2)cnc2ncnn12. The van der Waals surface area contributed by atoms with E-state index < -0.39 is 5.97 Å². The van der Waals surface area contributed by atoms with Crippen LogP contribution in [0.15, 0.2) is 12.5 Å². The highest BCUT2D eigenvalue weighted by Gasteiger charge is 2.31. The fraction of sp³-hybridized carbons (Fsp3) is 0.462. The van der Waals surface area contributed by atoms with Gasteiger partial charge in [-0.05, 0) is 26.2 Å². The molecule has 1 saturated carbocycles. The van der Waals surface area contributed by atoms with Crippen molar-refractivity contribution in [1.82, 2.24) is 24.9 Å². The summed E-state index contributed by atoms with van der Waals surface area (Å²) in [6.45, 7) is 1.77. The second-order valence-electron chi connectivity index (χ2n) is 5.25. The van der Waals surface area contributed by atoms with Crippen molar-refractivity contribution in [1.29, 1.82) is 0 Å². The van der Waals surface area contributed by atoms with Crippen molar-refractivity contribution < 1.29 is 14.7 Å². The minimum atomic E-state index is -0.798. The zero-order chi connectivity index (χ0) is 15.0. The lowest BCUT2D eigenvalue weighted by Crippen LogP contribution is -2.34. The van der Waals surface area contributed by atoms with Crippen LogP contribution in [0.4, 0.5) is 0 Å². The smallest absolute Gasteiger partial charge is 0.306 e. The van der Waals surface area contributed by atoms with Gasteiger partial charge in [-0.15, -0.1) is 0 Å². The molecule has 1 amide bonds. The number of aliphatic carboxylic acids is 1. The summed E-state index contributed by atoms with van der Waals surface area (Å²) in [6.07, 6.45) is 4.60. The molecular weight excluding hydrogens is 274 g/mol. The fourth-order valence-electron chi connectivity index (χ4n) is 2.71. The first kappa shape index (κ1) is 13.5. The van der Waals surface area contributed by atoms with Gasteiger partial charge in [0.1, 0.15) is 6.33 Å². The number of aromatic nitrogens is 4. The minimum absolute atomic E-state index is 0.107. The number of amides is 1. The second kappa shape index (κ2) is 5.12. The Balaban J connectivity index is 1.75. The largest absolute Gasteiger partial charge is 0.481 e. The first-order valence-electron chi connectivity index (χ1n) is 6.75. The third-order valence-electron chi connectivity index (χ3n) is 3.91. The second-order valence-corrected chi connectivity index (χ2v) is 5.25. The predicted octanol–water partition coefficient (Wildman–Crippen LogP) is 0.416. The van der Waals surface area contributed by atoms with Gasteiger partial charge in [0.25, 0.3) is 11.7 Å². The van der Waals surface area contributed by atoms with Crippen molar-refractivity contribution in [3.05, 3.63) is 23.8 Å². The van der Waals surface area contributed by atoms with E-state index in [9.17, 15) is 9.59 Å². The number of nitrogens with one attached hydrogen (secondary N) is 1. The molecule has 21 heavy (non-hydrogen) atoms.